The Morgan fingerprint density at radius 1 is 1.16 bits per heavy atom. The van der Waals surface area contributed by atoms with Crippen LogP contribution in [0.2, 0.25) is 0 Å². The molecular formula is C13H20Cl2N4. The Kier molecular flexibility index (Phi) is 4.54. The normalized spacial score (nSPS) is 27.5. The minimum Gasteiger partial charge on any atom is -0.341 e. The molecule has 1 aromatic heterocycles. The molecule has 2 unspecified atom stereocenters. The molecule has 1 N–H and O–H groups in total. The summed E-state index contributed by atoms with van der Waals surface area (Å²) in [6.45, 7) is 2.26. The van der Waals surface area contributed by atoms with Crippen LogP contribution in [0.1, 0.15) is 43.0 Å². The average Bonchev–Trinajstić information content (AvgIpc) is 2.99. The van der Waals surface area contributed by atoms with Gasteiger partial charge < -0.3 is 10.2 Å². The first-order valence-electron chi connectivity index (χ1n) is 6.77. The van der Waals surface area contributed by atoms with E-state index in [2.05, 4.69) is 21.4 Å². The van der Waals surface area contributed by atoms with Crippen LogP contribution < -0.4 is 10.2 Å². The van der Waals surface area contributed by atoms with Gasteiger partial charge in [-0.05, 0) is 25.7 Å². The van der Waals surface area contributed by atoms with E-state index >= 15 is 0 Å². The number of anilines is 1. The van der Waals surface area contributed by atoms with E-state index in [0.717, 1.165) is 25.5 Å². The maximum absolute atomic E-state index is 4.81. The lowest BCUT2D eigenvalue weighted by Crippen LogP contribution is -2.33. The molecule has 6 heteroatoms. The van der Waals surface area contributed by atoms with Gasteiger partial charge in [-0.2, -0.15) is 0 Å². The Balaban J connectivity index is 0.000000667. The van der Waals surface area contributed by atoms with Crippen molar-refractivity contribution in [3.63, 3.8) is 0 Å². The fraction of sp³-hybridized carbons (Fsp3) is 0.692. The van der Waals surface area contributed by atoms with Crippen LogP contribution in [0.15, 0.2) is 6.20 Å². The van der Waals surface area contributed by atoms with Gasteiger partial charge in [-0.1, -0.05) is 0 Å². The number of aromatic nitrogens is 2. The Morgan fingerprint density at radius 3 is 2.74 bits per heavy atom. The molecule has 0 aliphatic carbocycles. The largest absolute Gasteiger partial charge is 0.341 e. The van der Waals surface area contributed by atoms with Crippen LogP contribution in [0.5, 0.6) is 0 Å². The molecule has 0 saturated carbocycles. The molecule has 0 radical (unpaired) electrons. The van der Waals surface area contributed by atoms with Crippen LogP contribution in [-0.4, -0.2) is 29.1 Å². The Labute approximate surface area is 126 Å². The molecule has 4 heterocycles. The molecule has 0 spiro atoms. The number of nitrogens with one attached hydrogen (secondary N) is 1. The smallest absolute Gasteiger partial charge is 0.225 e. The van der Waals surface area contributed by atoms with Crippen LogP contribution in [0.25, 0.3) is 0 Å². The first-order chi connectivity index (χ1) is 8.40. The summed E-state index contributed by atoms with van der Waals surface area (Å²) in [7, 11) is 0. The van der Waals surface area contributed by atoms with Gasteiger partial charge in [-0.3, -0.25) is 0 Å². The number of rotatable bonds is 1. The number of fused-ring (bicyclic) bond motifs is 4. The minimum absolute atomic E-state index is 0. The highest BCUT2D eigenvalue weighted by molar-refractivity contribution is 5.85. The van der Waals surface area contributed by atoms with Crippen molar-refractivity contribution in [1.29, 1.82) is 0 Å². The van der Waals surface area contributed by atoms with E-state index in [1.165, 1.54) is 36.9 Å². The van der Waals surface area contributed by atoms with Crippen molar-refractivity contribution in [2.75, 3.05) is 18.0 Å². The number of hydrogen-bond acceptors (Lipinski definition) is 4. The van der Waals surface area contributed by atoms with E-state index in [9.17, 15) is 0 Å². The topological polar surface area (TPSA) is 41.1 Å². The molecule has 2 atom stereocenters. The predicted molar refractivity (Wildman–Crippen MR) is 80.6 cm³/mol. The van der Waals surface area contributed by atoms with E-state index in [1.807, 2.05) is 0 Å². The zero-order chi connectivity index (χ0) is 11.2. The van der Waals surface area contributed by atoms with Gasteiger partial charge in [0.05, 0.1) is 5.69 Å². The van der Waals surface area contributed by atoms with Crippen molar-refractivity contribution < 1.29 is 0 Å². The standard InChI is InChI=1S/C13H18N4.2ClH/c1-2-6-17(5-1)13-14-8-10-11-4-3-9(15-11)7-12(10)16-13;;/h8-9,11,15H,1-7H2;2*1H. The molecular weight excluding hydrogens is 283 g/mol. The van der Waals surface area contributed by atoms with Gasteiger partial charge in [0.15, 0.2) is 0 Å². The molecule has 2 saturated heterocycles. The summed E-state index contributed by atoms with van der Waals surface area (Å²) >= 11 is 0. The Hall–Kier alpha value is -0.580. The van der Waals surface area contributed by atoms with E-state index in [1.54, 1.807) is 0 Å². The number of nitrogens with zero attached hydrogens (tertiary/aromatic N) is 3. The summed E-state index contributed by atoms with van der Waals surface area (Å²) in [6.07, 6.45) is 8.27. The first kappa shape index (κ1) is 14.8. The third-order valence-corrected chi connectivity index (χ3v) is 4.33. The van der Waals surface area contributed by atoms with Crippen LogP contribution in [0, 0.1) is 0 Å². The molecule has 4 nitrogen and oxygen atoms in total. The van der Waals surface area contributed by atoms with Gasteiger partial charge >= 0.3 is 0 Å². The molecule has 2 bridgehead atoms. The maximum atomic E-state index is 4.81. The van der Waals surface area contributed by atoms with Crippen molar-refractivity contribution in [3.8, 4) is 0 Å². The minimum atomic E-state index is 0. The third-order valence-electron chi connectivity index (χ3n) is 4.33. The van der Waals surface area contributed by atoms with Crippen LogP contribution in [0.4, 0.5) is 5.95 Å². The third kappa shape index (κ3) is 2.54. The maximum Gasteiger partial charge on any atom is 0.225 e. The van der Waals surface area contributed by atoms with E-state index in [4.69, 9.17) is 4.98 Å². The quantitative estimate of drug-likeness (QED) is 0.864. The summed E-state index contributed by atoms with van der Waals surface area (Å²) in [6, 6.07) is 1.19. The van der Waals surface area contributed by atoms with Crippen molar-refractivity contribution in [1.82, 2.24) is 15.3 Å². The van der Waals surface area contributed by atoms with Crippen molar-refractivity contribution in [2.24, 2.45) is 0 Å². The van der Waals surface area contributed by atoms with Crippen LogP contribution in [0.3, 0.4) is 0 Å². The van der Waals surface area contributed by atoms with Crippen LogP contribution in [-0.2, 0) is 6.42 Å². The summed E-state index contributed by atoms with van der Waals surface area (Å²) in [5.41, 5.74) is 2.65. The Morgan fingerprint density at radius 2 is 1.95 bits per heavy atom. The highest BCUT2D eigenvalue weighted by atomic mass is 35.5. The van der Waals surface area contributed by atoms with Gasteiger partial charge in [0.2, 0.25) is 5.95 Å². The Bertz CT molecular complexity index is 448. The summed E-state index contributed by atoms with van der Waals surface area (Å²) < 4.78 is 0. The van der Waals surface area contributed by atoms with Gasteiger partial charge in [0.25, 0.3) is 0 Å². The fourth-order valence-electron chi connectivity index (χ4n) is 3.40. The van der Waals surface area contributed by atoms with Gasteiger partial charge in [0, 0.05) is 43.4 Å². The fourth-order valence-corrected chi connectivity index (χ4v) is 3.40. The van der Waals surface area contributed by atoms with E-state index in [-0.39, 0.29) is 24.8 Å². The molecule has 2 fully saturated rings. The summed E-state index contributed by atoms with van der Waals surface area (Å²) in [5.74, 6) is 0.961. The lowest BCUT2D eigenvalue weighted by Gasteiger charge is -2.25. The second kappa shape index (κ2) is 5.81. The second-order valence-corrected chi connectivity index (χ2v) is 5.46. The zero-order valence-corrected chi connectivity index (χ0v) is 12.5. The average molecular weight is 303 g/mol. The zero-order valence-electron chi connectivity index (χ0n) is 10.8. The lowest BCUT2D eigenvalue weighted by atomic mass is 10.0. The number of hydrogen-bond donors (Lipinski definition) is 1. The summed E-state index contributed by atoms with van der Waals surface area (Å²) in [5, 5.41) is 3.64. The second-order valence-electron chi connectivity index (χ2n) is 5.46. The van der Waals surface area contributed by atoms with Gasteiger partial charge in [0.1, 0.15) is 0 Å². The molecule has 4 rings (SSSR count). The molecule has 106 valence electrons. The molecule has 3 aliphatic rings. The molecule has 1 aromatic rings. The molecule has 19 heavy (non-hydrogen) atoms. The molecule has 0 amide bonds. The molecule has 0 aromatic carbocycles. The molecule has 3 aliphatic heterocycles. The van der Waals surface area contributed by atoms with Crippen molar-refractivity contribution in [3.05, 3.63) is 17.5 Å². The first-order valence-corrected chi connectivity index (χ1v) is 6.77. The number of halogens is 2. The summed E-state index contributed by atoms with van der Waals surface area (Å²) in [4.78, 5) is 11.7. The van der Waals surface area contributed by atoms with Crippen molar-refractivity contribution in [2.45, 2.75) is 44.2 Å². The predicted octanol–water partition coefficient (Wildman–Crippen LogP) is 2.27. The van der Waals surface area contributed by atoms with Gasteiger partial charge in [-0.15, -0.1) is 24.8 Å². The van der Waals surface area contributed by atoms with Gasteiger partial charge in [-0.25, -0.2) is 9.97 Å². The van der Waals surface area contributed by atoms with E-state index < -0.39 is 0 Å². The van der Waals surface area contributed by atoms with Crippen LogP contribution >= 0.6 is 24.8 Å². The monoisotopic (exact) mass is 302 g/mol. The van der Waals surface area contributed by atoms with E-state index in [0.29, 0.717) is 12.1 Å². The highest BCUT2D eigenvalue weighted by Crippen LogP contribution is 2.35. The SMILES string of the molecule is Cl.Cl.c1nc(N2CCCC2)nc2c1C1CCC(C2)N1. The highest BCUT2D eigenvalue weighted by Gasteiger charge is 2.33. The van der Waals surface area contributed by atoms with Crippen molar-refractivity contribution >= 4 is 30.8 Å². The lowest BCUT2D eigenvalue weighted by molar-refractivity contribution is 0.504.